The number of nitrogens with one attached hydrogen (secondary N) is 1. The first-order chi connectivity index (χ1) is 13.7. The number of rotatable bonds is 7. The molecule has 0 bridgehead atoms. The Labute approximate surface area is 179 Å². The van der Waals surface area contributed by atoms with E-state index >= 15 is 0 Å². The van der Waals surface area contributed by atoms with Gasteiger partial charge < -0.3 is 10.1 Å². The fourth-order valence-corrected chi connectivity index (χ4v) is 4.73. The molecule has 2 aromatic heterocycles. The van der Waals surface area contributed by atoms with Crippen LogP contribution < -0.4 is 5.32 Å². The van der Waals surface area contributed by atoms with E-state index < -0.39 is 0 Å². The highest BCUT2D eigenvalue weighted by atomic mass is 79.9. The highest BCUT2D eigenvalue weighted by Crippen LogP contribution is 2.29. The molecule has 1 amide bonds. The van der Waals surface area contributed by atoms with Crippen molar-refractivity contribution in [3.8, 4) is 10.7 Å². The minimum atomic E-state index is -0.0725. The summed E-state index contributed by atoms with van der Waals surface area (Å²) in [6.45, 7) is 1.51. The van der Waals surface area contributed by atoms with Gasteiger partial charge in [-0.1, -0.05) is 33.8 Å². The Morgan fingerprint density at radius 3 is 2.89 bits per heavy atom. The third-order valence-corrected chi connectivity index (χ3v) is 6.69. The van der Waals surface area contributed by atoms with E-state index in [0.29, 0.717) is 6.54 Å². The van der Waals surface area contributed by atoms with Gasteiger partial charge in [-0.2, -0.15) is 0 Å². The van der Waals surface area contributed by atoms with Gasteiger partial charge in [-0.15, -0.1) is 21.5 Å². The van der Waals surface area contributed by atoms with Crippen LogP contribution in [0.5, 0.6) is 0 Å². The number of aromatic nitrogens is 3. The number of hydrogen-bond donors (Lipinski definition) is 1. The standard InChI is InChI=1S/C19H19BrN4O2S2/c20-13-5-7-14(8-6-13)21-17(25)12-28-19-23-22-18(16-4-2-10-27-16)24(19)11-15-3-1-9-26-15/h2,4-8,10,15H,1,3,9,11-12H2,(H,21,25). The molecule has 4 rings (SSSR count). The zero-order chi connectivity index (χ0) is 19.3. The van der Waals surface area contributed by atoms with Crippen molar-refractivity contribution in [3.05, 3.63) is 46.3 Å². The van der Waals surface area contributed by atoms with E-state index in [0.717, 1.165) is 45.5 Å². The number of carbonyl (C=O) groups excluding carboxylic acids is 1. The van der Waals surface area contributed by atoms with Crippen LogP contribution in [0.4, 0.5) is 5.69 Å². The molecule has 0 spiro atoms. The summed E-state index contributed by atoms with van der Waals surface area (Å²) in [6.07, 6.45) is 2.29. The second kappa shape index (κ2) is 9.21. The van der Waals surface area contributed by atoms with Gasteiger partial charge in [0.15, 0.2) is 11.0 Å². The summed E-state index contributed by atoms with van der Waals surface area (Å²) in [6, 6.07) is 11.6. The summed E-state index contributed by atoms with van der Waals surface area (Å²) in [7, 11) is 0. The van der Waals surface area contributed by atoms with E-state index in [2.05, 4.69) is 36.0 Å². The summed E-state index contributed by atoms with van der Waals surface area (Å²) < 4.78 is 8.86. The first-order valence-electron chi connectivity index (χ1n) is 8.96. The predicted molar refractivity (Wildman–Crippen MR) is 116 cm³/mol. The highest BCUT2D eigenvalue weighted by molar-refractivity contribution is 9.10. The summed E-state index contributed by atoms with van der Waals surface area (Å²) in [5, 5.41) is 14.4. The SMILES string of the molecule is O=C(CSc1nnc(-c2cccs2)n1CC1CCCO1)Nc1ccc(Br)cc1. The van der Waals surface area contributed by atoms with Crippen molar-refractivity contribution in [1.82, 2.24) is 14.8 Å². The fourth-order valence-electron chi connectivity index (χ4n) is 3.00. The topological polar surface area (TPSA) is 69.0 Å². The summed E-state index contributed by atoms with van der Waals surface area (Å²) in [5.74, 6) is 1.03. The zero-order valence-electron chi connectivity index (χ0n) is 15.0. The van der Waals surface area contributed by atoms with Crippen LogP contribution in [0.15, 0.2) is 51.4 Å². The molecular weight excluding hydrogens is 460 g/mol. The highest BCUT2D eigenvalue weighted by Gasteiger charge is 2.22. The van der Waals surface area contributed by atoms with Crippen molar-refractivity contribution in [3.63, 3.8) is 0 Å². The van der Waals surface area contributed by atoms with Crippen molar-refractivity contribution in [2.24, 2.45) is 0 Å². The Hall–Kier alpha value is -1.68. The Morgan fingerprint density at radius 2 is 2.18 bits per heavy atom. The third-order valence-electron chi connectivity index (χ3n) is 4.33. The summed E-state index contributed by atoms with van der Waals surface area (Å²) in [4.78, 5) is 13.4. The van der Waals surface area contributed by atoms with Gasteiger partial charge in [-0.25, -0.2) is 0 Å². The van der Waals surface area contributed by atoms with Gasteiger partial charge in [0, 0.05) is 16.8 Å². The molecule has 0 aliphatic carbocycles. The first kappa shape index (κ1) is 19.6. The lowest BCUT2D eigenvalue weighted by Crippen LogP contribution is -2.18. The van der Waals surface area contributed by atoms with Crippen molar-refractivity contribution in [1.29, 1.82) is 0 Å². The van der Waals surface area contributed by atoms with Gasteiger partial charge in [0.1, 0.15) is 0 Å². The summed E-state index contributed by atoms with van der Waals surface area (Å²) in [5.41, 5.74) is 0.772. The molecule has 146 valence electrons. The van der Waals surface area contributed by atoms with Crippen LogP contribution in [0.1, 0.15) is 12.8 Å². The van der Waals surface area contributed by atoms with E-state index in [1.54, 1.807) is 11.3 Å². The first-order valence-corrected chi connectivity index (χ1v) is 11.6. The number of carbonyl (C=O) groups is 1. The molecule has 1 fully saturated rings. The number of anilines is 1. The van der Waals surface area contributed by atoms with Crippen LogP contribution in [-0.2, 0) is 16.1 Å². The number of hydrogen-bond acceptors (Lipinski definition) is 6. The van der Waals surface area contributed by atoms with Gasteiger partial charge in [0.05, 0.1) is 23.3 Å². The van der Waals surface area contributed by atoms with E-state index in [1.807, 2.05) is 41.8 Å². The fraction of sp³-hybridized carbons (Fsp3) is 0.316. The third kappa shape index (κ3) is 4.83. The van der Waals surface area contributed by atoms with E-state index in [4.69, 9.17) is 4.74 Å². The maximum atomic E-state index is 12.3. The number of thiophene rings is 1. The zero-order valence-corrected chi connectivity index (χ0v) is 18.2. The monoisotopic (exact) mass is 478 g/mol. The smallest absolute Gasteiger partial charge is 0.234 e. The van der Waals surface area contributed by atoms with Gasteiger partial charge >= 0.3 is 0 Å². The van der Waals surface area contributed by atoms with Crippen LogP contribution in [0.2, 0.25) is 0 Å². The minimum Gasteiger partial charge on any atom is -0.376 e. The second-order valence-electron chi connectivity index (χ2n) is 6.37. The van der Waals surface area contributed by atoms with Crippen molar-refractivity contribution >= 4 is 50.6 Å². The molecule has 6 nitrogen and oxygen atoms in total. The molecule has 1 N–H and O–H groups in total. The molecule has 1 aliphatic heterocycles. The van der Waals surface area contributed by atoms with Crippen LogP contribution in [0.3, 0.4) is 0 Å². The molecule has 3 aromatic rings. The largest absolute Gasteiger partial charge is 0.376 e. The van der Waals surface area contributed by atoms with Crippen LogP contribution in [0, 0.1) is 0 Å². The number of halogens is 1. The molecule has 1 aliphatic rings. The van der Waals surface area contributed by atoms with Crippen molar-refractivity contribution in [2.45, 2.75) is 30.6 Å². The van der Waals surface area contributed by atoms with Crippen LogP contribution >= 0.6 is 39.0 Å². The number of nitrogens with zero attached hydrogens (tertiary/aromatic N) is 3. The molecule has 3 heterocycles. The number of ether oxygens (including phenoxy) is 1. The Bertz CT molecular complexity index is 922. The van der Waals surface area contributed by atoms with Crippen LogP contribution in [0.25, 0.3) is 10.7 Å². The molecule has 9 heteroatoms. The maximum Gasteiger partial charge on any atom is 0.234 e. The van der Waals surface area contributed by atoms with Gasteiger partial charge in [-0.3, -0.25) is 9.36 Å². The van der Waals surface area contributed by atoms with Crippen molar-refractivity contribution in [2.75, 3.05) is 17.7 Å². The predicted octanol–water partition coefficient (Wildman–Crippen LogP) is 4.68. The average Bonchev–Trinajstić information content (AvgIpc) is 3.44. The van der Waals surface area contributed by atoms with Gasteiger partial charge in [0.2, 0.25) is 5.91 Å². The van der Waals surface area contributed by atoms with Gasteiger partial charge in [0.25, 0.3) is 0 Å². The lowest BCUT2D eigenvalue weighted by Gasteiger charge is -2.14. The molecule has 0 radical (unpaired) electrons. The number of benzene rings is 1. The minimum absolute atomic E-state index is 0.0725. The van der Waals surface area contributed by atoms with Crippen molar-refractivity contribution < 1.29 is 9.53 Å². The maximum absolute atomic E-state index is 12.3. The van der Waals surface area contributed by atoms with E-state index in [-0.39, 0.29) is 17.8 Å². The van der Waals surface area contributed by atoms with Gasteiger partial charge in [-0.05, 0) is 48.6 Å². The molecule has 1 saturated heterocycles. The molecule has 1 aromatic carbocycles. The lowest BCUT2D eigenvalue weighted by molar-refractivity contribution is -0.113. The molecule has 28 heavy (non-hydrogen) atoms. The molecule has 1 atom stereocenters. The molecular formula is C19H19BrN4O2S2. The molecule has 1 unspecified atom stereocenters. The Balaban J connectivity index is 1.45. The normalized spacial score (nSPS) is 16.4. The number of amides is 1. The Morgan fingerprint density at radius 1 is 1.32 bits per heavy atom. The van der Waals surface area contributed by atoms with Crippen LogP contribution in [-0.4, -0.2) is 39.1 Å². The lowest BCUT2D eigenvalue weighted by atomic mass is 10.2. The number of thioether (sulfide) groups is 1. The molecule has 0 saturated carbocycles. The summed E-state index contributed by atoms with van der Waals surface area (Å²) >= 11 is 6.42. The Kier molecular flexibility index (Phi) is 6.46. The van der Waals surface area contributed by atoms with E-state index in [9.17, 15) is 4.79 Å². The second-order valence-corrected chi connectivity index (χ2v) is 9.18. The quantitative estimate of drug-likeness (QED) is 0.499. The van der Waals surface area contributed by atoms with E-state index in [1.165, 1.54) is 11.8 Å². The average molecular weight is 479 g/mol.